The van der Waals surface area contributed by atoms with Gasteiger partial charge in [-0.05, 0) is 6.07 Å². The topological polar surface area (TPSA) is 81.3 Å². The molecule has 2 rings (SSSR count). The molecule has 0 spiro atoms. The predicted octanol–water partition coefficient (Wildman–Crippen LogP) is 0.873. The minimum absolute atomic E-state index is 0.00748. The molecule has 0 unspecified atom stereocenters. The van der Waals surface area contributed by atoms with E-state index in [1.165, 1.54) is 17.7 Å². The number of fused-ring (bicyclic) bond motifs is 1. The highest BCUT2D eigenvalue weighted by Gasteiger charge is 2.16. The van der Waals surface area contributed by atoms with Crippen molar-refractivity contribution in [3.05, 3.63) is 31.8 Å². The van der Waals surface area contributed by atoms with E-state index < -0.39 is 17.2 Å². The van der Waals surface area contributed by atoms with Crippen LogP contribution in [0.3, 0.4) is 0 Å². The van der Waals surface area contributed by atoms with Crippen LogP contribution in [0.2, 0.25) is 0 Å². The molecule has 0 aromatic carbocycles. The van der Waals surface area contributed by atoms with Gasteiger partial charge in [-0.2, -0.15) is 0 Å². The highest BCUT2D eigenvalue weighted by Crippen LogP contribution is 2.21. The maximum atomic E-state index is 12.2. The summed E-state index contributed by atoms with van der Waals surface area (Å²) < 4.78 is 2.30. The zero-order valence-electron chi connectivity index (χ0n) is 11.0. The molecule has 20 heavy (non-hydrogen) atoms. The third kappa shape index (κ3) is 2.26. The number of rotatable bonds is 2. The quantitative estimate of drug-likeness (QED) is 0.833. The summed E-state index contributed by atoms with van der Waals surface area (Å²) in [5.74, 6) is 4.42. The number of aromatic carboxylic acids is 1. The van der Waals surface area contributed by atoms with E-state index in [0.29, 0.717) is 11.3 Å². The van der Waals surface area contributed by atoms with Crippen LogP contribution in [0.15, 0.2) is 15.7 Å². The number of hydrogen-bond acceptors (Lipinski definition) is 4. The Morgan fingerprint density at radius 3 is 2.70 bits per heavy atom. The molecule has 0 aliphatic carbocycles. The molecule has 0 fully saturated rings. The van der Waals surface area contributed by atoms with Crippen molar-refractivity contribution < 1.29 is 9.90 Å². The molecule has 2 heterocycles. The highest BCUT2D eigenvalue weighted by molar-refractivity contribution is 7.20. The molecule has 0 aliphatic heterocycles. The lowest BCUT2D eigenvalue weighted by atomic mass is 10.3. The van der Waals surface area contributed by atoms with Crippen molar-refractivity contribution in [1.82, 2.24) is 9.13 Å². The molecule has 7 heteroatoms. The molecule has 2 aromatic heterocycles. The zero-order chi connectivity index (χ0) is 14.9. The lowest BCUT2D eigenvalue weighted by molar-refractivity contribution is 0.0702. The van der Waals surface area contributed by atoms with Crippen LogP contribution < -0.4 is 11.2 Å². The van der Waals surface area contributed by atoms with Crippen LogP contribution in [-0.2, 0) is 13.6 Å². The largest absolute Gasteiger partial charge is 0.477 e. The number of aryl methyl sites for hydroxylation is 1. The van der Waals surface area contributed by atoms with Gasteiger partial charge in [0, 0.05) is 13.5 Å². The number of aromatic nitrogens is 2. The van der Waals surface area contributed by atoms with Gasteiger partial charge in [0.15, 0.2) is 0 Å². The fourth-order valence-electron chi connectivity index (χ4n) is 1.79. The lowest BCUT2D eigenvalue weighted by Gasteiger charge is -2.04. The zero-order valence-corrected chi connectivity index (χ0v) is 11.8. The molecule has 0 bridgehead atoms. The third-order valence-electron chi connectivity index (χ3n) is 2.76. The summed E-state index contributed by atoms with van der Waals surface area (Å²) in [6.07, 6.45) is 0.638. The van der Waals surface area contributed by atoms with Crippen molar-refractivity contribution in [3.8, 4) is 11.8 Å². The van der Waals surface area contributed by atoms with Crippen molar-refractivity contribution in [2.45, 2.75) is 19.9 Å². The summed E-state index contributed by atoms with van der Waals surface area (Å²) >= 11 is 0.911. The van der Waals surface area contributed by atoms with Crippen LogP contribution in [0.25, 0.3) is 10.2 Å². The minimum atomic E-state index is -1.12. The first-order valence-corrected chi connectivity index (χ1v) is 6.71. The van der Waals surface area contributed by atoms with E-state index >= 15 is 0 Å². The summed E-state index contributed by atoms with van der Waals surface area (Å²) in [5, 5.41) is 9.20. The third-order valence-corrected chi connectivity index (χ3v) is 3.96. The average Bonchev–Trinajstić information content (AvgIpc) is 2.86. The second-order valence-electron chi connectivity index (χ2n) is 4.07. The molecule has 0 saturated heterocycles. The van der Waals surface area contributed by atoms with E-state index in [4.69, 9.17) is 5.11 Å². The van der Waals surface area contributed by atoms with Crippen LogP contribution in [0.4, 0.5) is 0 Å². The summed E-state index contributed by atoms with van der Waals surface area (Å²) in [4.78, 5) is 35.7. The summed E-state index contributed by atoms with van der Waals surface area (Å²) in [6.45, 7) is 1.88. The second-order valence-corrected chi connectivity index (χ2v) is 5.11. The predicted molar refractivity (Wildman–Crippen MR) is 76.4 cm³/mol. The number of carboxylic acid groups (broad SMARTS) is 1. The smallest absolute Gasteiger partial charge is 0.345 e. The maximum absolute atomic E-state index is 12.2. The van der Waals surface area contributed by atoms with Crippen LogP contribution in [0, 0.1) is 11.8 Å². The van der Waals surface area contributed by atoms with Gasteiger partial charge in [-0.1, -0.05) is 12.8 Å². The van der Waals surface area contributed by atoms with E-state index in [-0.39, 0.29) is 16.8 Å². The number of carboxylic acids is 1. The SMILES string of the molecule is CCC#CCn1c(=O)c2cc(C(=O)O)sc2n(C)c1=O. The van der Waals surface area contributed by atoms with Crippen LogP contribution >= 0.6 is 11.3 Å². The molecule has 0 atom stereocenters. The molecule has 0 radical (unpaired) electrons. The van der Waals surface area contributed by atoms with Crippen molar-refractivity contribution in [3.63, 3.8) is 0 Å². The molecular weight excluding hydrogens is 280 g/mol. The van der Waals surface area contributed by atoms with Crippen LogP contribution in [0.1, 0.15) is 23.0 Å². The van der Waals surface area contributed by atoms with Gasteiger partial charge in [-0.25, -0.2) is 14.2 Å². The Kier molecular flexibility index (Phi) is 3.77. The maximum Gasteiger partial charge on any atom is 0.345 e. The van der Waals surface area contributed by atoms with Crippen molar-refractivity contribution in [1.29, 1.82) is 0 Å². The lowest BCUT2D eigenvalue weighted by Crippen LogP contribution is -2.38. The van der Waals surface area contributed by atoms with E-state index in [1.54, 1.807) is 0 Å². The molecule has 0 amide bonds. The number of thiophene rings is 1. The van der Waals surface area contributed by atoms with Crippen LogP contribution in [0.5, 0.6) is 0 Å². The van der Waals surface area contributed by atoms with E-state index in [1.807, 2.05) is 6.92 Å². The molecule has 0 saturated carbocycles. The van der Waals surface area contributed by atoms with Gasteiger partial charge < -0.3 is 5.11 Å². The van der Waals surface area contributed by atoms with E-state index in [2.05, 4.69) is 11.8 Å². The van der Waals surface area contributed by atoms with Crippen molar-refractivity contribution >= 4 is 27.5 Å². The number of carbonyl (C=O) groups is 1. The fraction of sp³-hybridized carbons (Fsp3) is 0.308. The first-order valence-electron chi connectivity index (χ1n) is 5.89. The minimum Gasteiger partial charge on any atom is -0.477 e. The molecule has 2 aromatic rings. The van der Waals surface area contributed by atoms with Crippen LogP contribution in [-0.4, -0.2) is 20.2 Å². The Labute approximate surface area is 117 Å². The second kappa shape index (κ2) is 5.35. The van der Waals surface area contributed by atoms with Gasteiger partial charge >= 0.3 is 11.7 Å². The normalized spacial score (nSPS) is 10.3. The van der Waals surface area contributed by atoms with E-state index in [9.17, 15) is 14.4 Å². The molecule has 104 valence electrons. The monoisotopic (exact) mass is 292 g/mol. The number of nitrogens with zero attached hydrogens (tertiary/aromatic N) is 2. The highest BCUT2D eigenvalue weighted by atomic mass is 32.1. The Balaban J connectivity index is 2.75. The Morgan fingerprint density at radius 1 is 1.40 bits per heavy atom. The molecule has 1 N–H and O–H groups in total. The van der Waals surface area contributed by atoms with Gasteiger partial charge in [-0.3, -0.25) is 9.36 Å². The fourth-order valence-corrected chi connectivity index (χ4v) is 2.73. The molecular formula is C13H12N2O4S. The standard InChI is InChI=1S/C13H12N2O4S/c1-3-4-5-6-15-10(16)8-7-9(12(17)18)20-11(8)14(2)13(15)19/h7H,3,6H2,1-2H3,(H,17,18). The van der Waals surface area contributed by atoms with Gasteiger partial charge in [0.05, 0.1) is 11.9 Å². The summed E-state index contributed by atoms with van der Waals surface area (Å²) in [7, 11) is 1.51. The molecule has 0 aliphatic rings. The Bertz CT molecular complexity index is 861. The van der Waals surface area contributed by atoms with Gasteiger partial charge in [0.2, 0.25) is 0 Å². The summed E-state index contributed by atoms with van der Waals surface area (Å²) in [6, 6.07) is 1.30. The van der Waals surface area contributed by atoms with Crippen molar-refractivity contribution in [2.24, 2.45) is 7.05 Å². The summed E-state index contributed by atoms with van der Waals surface area (Å²) in [5.41, 5.74) is -0.996. The molecule has 6 nitrogen and oxygen atoms in total. The first-order chi connectivity index (χ1) is 9.47. The Hall–Kier alpha value is -2.33. The average molecular weight is 292 g/mol. The van der Waals surface area contributed by atoms with Crippen molar-refractivity contribution in [2.75, 3.05) is 0 Å². The van der Waals surface area contributed by atoms with Gasteiger partial charge in [0.1, 0.15) is 9.71 Å². The van der Waals surface area contributed by atoms with Gasteiger partial charge in [0.25, 0.3) is 5.56 Å². The number of hydrogen-bond donors (Lipinski definition) is 1. The first kappa shape index (κ1) is 14.1. The Morgan fingerprint density at radius 2 is 2.10 bits per heavy atom. The van der Waals surface area contributed by atoms with Gasteiger partial charge in [-0.15, -0.1) is 17.3 Å². The van der Waals surface area contributed by atoms with E-state index in [0.717, 1.165) is 15.9 Å².